The van der Waals surface area contributed by atoms with Crippen molar-refractivity contribution in [3.8, 4) is 11.5 Å². The Morgan fingerprint density at radius 3 is 2.96 bits per heavy atom. The molecule has 1 amide bonds. The van der Waals surface area contributed by atoms with E-state index in [0.717, 1.165) is 24.1 Å². The van der Waals surface area contributed by atoms with Crippen LogP contribution in [0.5, 0.6) is 11.5 Å². The quantitative estimate of drug-likeness (QED) is 0.676. The first-order valence-corrected chi connectivity index (χ1v) is 9.85. The van der Waals surface area contributed by atoms with Gasteiger partial charge in [0.15, 0.2) is 11.5 Å². The lowest BCUT2D eigenvalue weighted by Crippen LogP contribution is -2.32. The van der Waals surface area contributed by atoms with Gasteiger partial charge in [-0.3, -0.25) is 4.79 Å². The van der Waals surface area contributed by atoms with Crippen molar-refractivity contribution >= 4 is 11.6 Å². The maximum absolute atomic E-state index is 12.7. The Hall–Kier alpha value is -2.95. The molecule has 4 rings (SSSR count). The number of amides is 1. The minimum absolute atomic E-state index is 0.0297. The molecular formula is C23H26N2O3. The lowest BCUT2D eigenvalue weighted by atomic mass is 9.76. The number of fused-ring (bicyclic) bond motifs is 3. The van der Waals surface area contributed by atoms with E-state index in [1.165, 1.54) is 5.56 Å². The molecule has 0 aromatic heterocycles. The van der Waals surface area contributed by atoms with Gasteiger partial charge in [-0.25, -0.2) is 0 Å². The van der Waals surface area contributed by atoms with Crippen molar-refractivity contribution in [1.29, 1.82) is 0 Å². The number of phenols is 1. The van der Waals surface area contributed by atoms with Crippen LogP contribution < -0.4 is 15.4 Å². The van der Waals surface area contributed by atoms with Crippen molar-refractivity contribution in [1.82, 2.24) is 5.32 Å². The van der Waals surface area contributed by atoms with Crippen LogP contribution in [-0.2, 0) is 0 Å². The van der Waals surface area contributed by atoms with Crippen LogP contribution in [0, 0.1) is 5.92 Å². The molecule has 5 heteroatoms. The van der Waals surface area contributed by atoms with Gasteiger partial charge in [0.1, 0.15) is 0 Å². The molecule has 1 aliphatic carbocycles. The lowest BCUT2D eigenvalue weighted by molar-refractivity contribution is 0.0954. The zero-order valence-electron chi connectivity index (χ0n) is 16.2. The fourth-order valence-electron chi connectivity index (χ4n) is 4.36. The Bertz CT molecular complexity index is 922. The normalized spacial score (nSPS) is 22.1. The Labute approximate surface area is 165 Å². The van der Waals surface area contributed by atoms with Gasteiger partial charge in [-0.1, -0.05) is 37.3 Å². The SMILES string of the molecule is CCCNC(=O)c1cccc2c1NC(c1ccc(O)c(OC)c1)C1CC=CC21. The smallest absolute Gasteiger partial charge is 0.253 e. The fraction of sp³-hybridized carbons (Fsp3) is 0.348. The van der Waals surface area contributed by atoms with E-state index in [-0.39, 0.29) is 23.6 Å². The summed E-state index contributed by atoms with van der Waals surface area (Å²) in [5.74, 6) is 1.16. The van der Waals surface area contributed by atoms with E-state index in [0.29, 0.717) is 23.8 Å². The largest absolute Gasteiger partial charge is 0.504 e. The number of allylic oxidation sites excluding steroid dienone is 2. The number of benzene rings is 2. The number of carbonyl (C=O) groups excluding carboxylic acids is 1. The number of carbonyl (C=O) groups is 1. The van der Waals surface area contributed by atoms with Crippen molar-refractivity contribution in [2.45, 2.75) is 31.7 Å². The summed E-state index contributed by atoms with van der Waals surface area (Å²) in [4.78, 5) is 12.7. The van der Waals surface area contributed by atoms with Gasteiger partial charge in [0.05, 0.1) is 24.4 Å². The summed E-state index contributed by atoms with van der Waals surface area (Å²) in [6.07, 6.45) is 6.35. The van der Waals surface area contributed by atoms with E-state index in [9.17, 15) is 9.90 Å². The van der Waals surface area contributed by atoms with Crippen molar-refractivity contribution < 1.29 is 14.6 Å². The Balaban J connectivity index is 1.76. The van der Waals surface area contributed by atoms with E-state index in [1.807, 2.05) is 31.2 Å². The molecule has 28 heavy (non-hydrogen) atoms. The number of methoxy groups -OCH3 is 1. The van der Waals surface area contributed by atoms with E-state index >= 15 is 0 Å². The highest BCUT2D eigenvalue weighted by atomic mass is 16.5. The minimum atomic E-state index is -0.0475. The molecule has 5 nitrogen and oxygen atoms in total. The summed E-state index contributed by atoms with van der Waals surface area (Å²) >= 11 is 0. The molecule has 0 fully saturated rings. The highest BCUT2D eigenvalue weighted by molar-refractivity contribution is 6.00. The molecule has 2 aromatic carbocycles. The molecule has 0 radical (unpaired) electrons. The van der Waals surface area contributed by atoms with Crippen LogP contribution in [0.3, 0.4) is 0 Å². The zero-order chi connectivity index (χ0) is 19.7. The van der Waals surface area contributed by atoms with Crippen LogP contribution in [0.4, 0.5) is 5.69 Å². The van der Waals surface area contributed by atoms with Gasteiger partial charge in [-0.05, 0) is 48.1 Å². The van der Waals surface area contributed by atoms with Gasteiger partial charge in [0.25, 0.3) is 5.91 Å². The van der Waals surface area contributed by atoms with Gasteiger partial charge in [-0.15, -0.1) is 0 Å². The number of rotatable bonds is 5. The van der Waals surface area contributed by atoms with Crippen molar-refractivity contribution in [3.05, 3.63) is 65.2 Å². The number of aromatic hydroxyl groups is 1. The standard InChI is InChI=1S/C23H26N2O3/c1-3-12-24-23(27)18-9-5-8-17-15-6-4-7-16(15)21(25-22(17)18)14-10-11-19(26)20(13-14)28-2/h4-6,8-11,13,15-16,21,25-26H,3,7,12H2,1-2H3,(H,24,27). The van der Waals surface area contributed by atoms with Crippen molar-refractivity contribution in [2.75, 3.05) is 19.0 Å². The van der Waals surface area contributed by atoms with Crippen LogP contribution in [0.1, 0.15) is 53.2 Å². The summed E-state index contributed by atoms with van der Waals surface area (Å²) in [7, 11) is 1.55. The fourth-order valence-corrected chi connectivity index (χ4v) is 4.36. The van der Waals surface area contributed by atoms with Crippen molar-refractivity contribution in [3.63, 3.8) is 0 Å². The Kier molecular flexibility index (Phi) is 4.99. The number of phenolic OH excluding ortho intramolecular Hbond substituents is 1. The van der Waals surface area contributed by atoms with Gasteiger partial charge in [0, 0.05) is 12.5 Å². The highest BCUT2D eigenvalue weighted by Gasteiger charge is 2.39. The second-order valence-corrected chi connectivity index (χ2v) is 7.43. The molecule has 0 saturated carbocycles. The van der Waals surface area contributed by atoms with Gasteiger partial charge in [-0.2, -0.15) is 0 Å². The Morgan fingerprint density at radius 1 is 1.32 bits per heavy atom. The maximum Gasteiger partial charge on any atom is 0.253 e. The van der Waals surface area contributed by atoms with Gasteiger partial charge >= 0.3 is 0 Å². The molecule has 1 heterocycles. The molecule has 2 aliphatic rings. The molecule has 3 atom stereocenters. The molecule has 1 aliphatic heterocycles. The van der Waals surface area contributed by atoms with Crippen LogP contribution in [-0.4, -0.2) is 24.7 Å². The average Bonchev–Trinajstić information content (AvgIpc) is 3.21. The van der Waals surface area contributed by atoms with Crippen LogP contribution in [0.15, 0.2) is 48.6 Å². The average molecular weight is 378 g/mol. The topological polar surface area (TPSA) is 70.6 Å². The molecule has 0 bridgehead atoms. The zero-order valence-corrected chi connectivity index (χ0v) is 16.2. The van der Waals surface area contributed by atoms with Gasteiger partial charge < -0.3 is 20.5 Å². The van der Waals surface area contributed by atoms with Crippen LogP contribution in [0.25, 0.3) is 0 Å². The third-order valence-corrected chi connectivity index (χ3v) is 5.74. The van der Waals surface area contributed by atoms with E-state index in [2.05, 4.69) is 28.9 Å². The molecule has 3 unspecified atom stereocenters. The Morgan fingerprint density at radius 2 is 2.18 bits per heavy atom. The lowest BCUT2D eigenvalue weighted by Gasteiger charge is -2.38. The number of nitrogens with one attached hydrogen (secondary N) is 2. The number of para-hydroxylation sites is 1. The number of hydrogen-bond acceptors (Lipinski definition) is 4. The first-order chi connectivity index (χ1) is 13.6. The maximum atomic E-state index is 12.7. The molecule has 2 aromatic rings. The summed E-state index contributed by atoms with van der Waals surface area (Å²) < 4.78 is 5.31. The summed E-state index contributed by atoms with van der Waals surface area (Å²) in [6.45, 7) is 2.70. The van der Waals surface area contributed by atoms with E-state index in [1.54, 1.807) is 13.2 Å². The number of anilines is 1. The molecular weight excluding hydrogens is 352 g/mol. The second-order valence-electron chi connectivity index (χ2n) is 7.43. The monoisotopic (exact) mass is 378 g/mol. The third kappa shape index (κ3) is 3.11. The first-order valence-electron chi connectivity index (χ1n) is 9.85. The summed E-state index contributed by atoms with van der Waals surface area (Å²) in [6, 6.07) is 11.5. The molecule has 3 N–H and O–H groups in total. The van der Waals surface area contributed by atoms with E-state index < -0.39 is 0 Å². The molecule has 0 saturated heterocycles. The molecule has 0 spiro atoms. The third-order valence-electron chi connectivity index (χ3n) is 5.74. The molecule has 146 valence electrons. The van der Waals surface area contributed by atoms with Crippen molar-refractivity contribution in [2.24, 2.45) is 5.92 Å². The number of ether oxygens (including phenoxy) is 1. The highest BCUT2D eigenvalue weighted by Crippen LogP contribution is 2.51. The predicted octanol–water partition coefficient (Wildman–Crippen LogP) is 4.37. The van der Waals surface area contributed by atoms with E-state index in [4.69, 9.17) is 4.74 Å². The number of hydrogen-bond donors (Lipinski definition) is 3. The van der Waals surface area contributed by atoms with Crippen LogP contribution in [0.2, 0.25) is 0 Å². The minimum Gasteiger partial charge on any atom is -0.504 e. The summed E-state index contributed by atoms with van der Waals surface area (Å²) in [5, 5.41) is 16.6. The summed E-state index contributed by atoms with van der Waals surface area (Å²) in [5.41, 5.74) is 3.80. The van der Waals surface area contributed by atoms with Crippen LogP contribution >= 0.6 is 0 Å². The van der Waals surface area contributed by atoms with Gasteiger partial charge in [0.2, 0.25) is 0 Å². The first kappa shape index (κ1) is 18.4. The second kappa shape index (κ2) is 7.58. The predicted molar refractivity (Wildman–Crippen MR) is 110 cm³/mol.